The molecule has 2 aromatic rings. The van der Waals surface area contributed by atoms with Crippen LogP contribution in [0.1, 0.15) is 5.56 Å². The van der Waals surface area contributed by atoms with E-state index in [-0.39, 0.29) is 54.9 Å². The van der Waals surface area contributed by atoms with E-state index in [0.717, 1.165) is 24.4 Å². The number of amides is 1. The molecule has 1 N–H and O–H groups in total. The minimum Gasteiger partial charge on any atom is -0.475 e. The second-order valence-electron chi connectivity index (χ2n) is 6.93. The summed E-state index contributed by atoms with van der Waals surface area (Å²) < 4.78 is 80.5. The normalized spacial score (nSPS) is 18.8. The van der Waals surface area contributed by atoms with Crippen molar-refractivity contribution in [2.24, 2.45) is 0 Å². The molecular formula is C18H15ClF3N3O6S. The minimum absolute atomic E-state index is 0.0514. The van der Waals surface area contributed by atoms with Gasteiger partial charge in [-0.3, -0.25) is 9.52 Å². The lowest BCUT2D eigenvalue weighted by Gasteiger charge is -2.32. The molecule has 14 heteroatoms. The van der Waals surface area contributed by atoms with Crippen LogP contribution in [0.5, 0.6) is 11.6 Å². The van der Waals surface area contributed by atoms with Gasteiger partial charge in [0.25, 0.3) is 10.0 Å². The molecule has 1 aromatic heterocycles. The second kappa shape index (κ2) is 8.30. The first-order valence-electron chi connectivity index (χ1n) is 9.09. The molecule has 2 aliphatic heterocycles. The molecule has 9 nitrogen and oxygen atoms in total. The minimum atomic E-state index is -5.11. The highest BCUT2D eigenvalue weighted by Gasteiger charge is 2.35. The van der Waals surface area contributed by atoms with Crippen LogP contribution in [0.15, 0.2) is 35.4 Å². The molecular weight excluding hydrogens is 479 g/mol. The molecule has 0 bridgehead atoms. The smallest absolute Gasteiger partial charge is 0.475 e. The van der Waals surface area contributed by atoms with Crippen LogP contribution in [-0.4, -0.2) is 56.4 Å². The van der Waals surface area contributed by atoms with Gasteiger partial charge in [-0.05, 0) is 24.3 Å². The van der Waals surface area contributed by atoms with Crippen molar-refractivity contribution in [2.75, 3.05) is 24.5 Å². The Morgan fingerprint density at radius 1 is 1.25 bits per heavy atom. The number of halogens is 4. The van der Waals surface area contributed by atoms with E-state index in [4.69, 9.17) is 21.1 Å². The topological polar surface area (TPSA) is 107 Å². The average molecular weight is 494 g/mol. The highest BCUT2D eigenvalue weighted by molar-refractivity contribution is 7.92. The van der Waals surface area contributed by atoms with Crippen LogP contribution in [0.2, 0.25) is 5.02 Å². The van der Waals surface area contributed by atoms with Gasteiger partial charge in [0.15, 0.2) is 0 Å². The molecule has 0 spiro atoms. The maximum absolute atomic E-state index is 12.8. The van der Waals surface area contributed by atoms with Crippen LogP contribution < -0.4 is 14.2 Å². The summed E-state index contributed by atoms with van der Waals surface area (Å²) in [5.41, 5.74) is 0.366. The summed E-state index contributed by atoms with van der Waals surface area (Å²) in [5, 5.41) is -0.106. The van der Waals surface area contributed by atoms with E-state index < -0.39 is 27.0 Å². The lowest BCUT2D eigenvalue weighted by atomic mass is 10.2. The molecule has 2 aliphatic rings. The van der Waals surface area contributed by atoms with Gasteiger partial charge in [0, 0.05) is 10.6 Å². The predicted molar refractivity (Wildman–Crippen MR) is 104 cm³/mol. The van der Waals surface area contributed by atoms with Crippen molar-refractivity contribution < 1.29 is 40.6 Å². The summed E-state index contributed by atoms with van der Waals surface area (Å²) >= 11 is 5.78. The van der Waals surface area contributed by atoms with Gasteiger partial charge in [0.05, 0.1) is 31.1 Å². The number of sulfonamides is 1. The van der Waals surface area contributed by atoms with Crippen LogP contribution in [0.25, 0.3) is 0 Å². The van der Waals surface area contributed by atoms with Crippen molar-refractivity contribution >= 4 is 33.2 Å². The summed E-state index contributed by atoms with van der Waals surface area (Å²) in [6.45, 7) is 0.458. The number of aromatic nitrogens is 1. The lowest BCUT2D eigenvalue weighted by molar-refractivity contribution is -0.275. The third-order valence-corrected chi connectivity index (χ3v) is 6.29. The Labute approximate surface area is 185 Å². The Hall–Kier alpha value is -2.77. The Kier molecular flexibility index (Phi) is 5.81. The van der Waals surface area contributed by atoms with Crippen LogP contribution in [-0.2, 0) is 26.1 Å². The maximum Gasteiger partial charge on any atom is 0.573 e. The third kappa shape index (κ3) is 4.84. The molecule has 4 rings (SSSR count). The van der Waals surface area contributed by atoms with E-state index in [0.29, 0.717) is 5.56 Å². The molecule has 172 valence electrons. The lowest BCUT2D eigenvalue weighted by Crippen LogP contribution is -2.50. The van der Waals surface area contributed by atoms with Crippen LogP contribution in [0.4, 0.5) is 18.9 Å². The molecule has 0 radical (unpaired) electrons. The Balaban J connectivity index is 1.63. The van der Waals surface area contributed by atoms with Crippen molar-refractivity contribution in [3.63, 3.8) is 0 Å². The van der Waals surface area contributed by atoms with Crippen molar-refractivity contribution in [1.82, 2.24) is 9.88 Å². The van der Waals surface area contributed by atoms with Gasteiger partial charge in [-0.2, -0.15) is 0 Å². The molecule has 1 fully saturated rings. The molecule has 1 atom stereocenters. The number of anilines is 1. The summed E-state index contributed by atoms with van der Waals surface area (Å²) in [6, 6.07) is 3.78. The number of alkyl halides is 3. The molecule has 3 heterocycles. The fraction of sp³-hybridized carbons (Fsp3) is 0.333. The van der Waals surface area contributed by atoms with Crippen molar-refractivity contribution in [1.29, 1.82) is 0 Å². The Morgan fingerprint density at radius 3 is 2.78 bits per heavy atom. The number of carbonyl (C=O) groups excluding carboxylic acids is 1. The van der Waals surface area contributed by atoms with Crippen LogP contribution >= 0.6 is 11.6 Å². The zero-order valence-electron chi connectivity index (χ0n) is 16.1. The first kappa shape index (κ1) is 22.4. The first-order valence-corrected chi connectivity index (χ1v) is 10.9. The monoisotopic (exact) mass is 493 g/mol. The Bertz CT molecular complexity index is 1160. The van der Waals surface area contributed by atoms with Gasteiger partial charge in [0.1, 0.15) is 23.9 Å². The summed E-state index contributed by atoms with van der Waals surface area (Å²) in [5.74, 6) is -0.988. The third-order valence-electron chi connectivity index (χ3n) is 4.65. The number of pyridine rings is 1. The van der Waals surface area contributed by atoms with Gasteiger partial charge in [-0.1, -0.05) is 11.6 Å². The largest absolute Gasteiger partial charge is 0.573 e. The zero-order chi connectivity index (χ0) is 23.1. The number of nitrogens with one attached hydrogen (secondary N) is 1. The number of rotatable bonds is 4. The fourth-order valence-electron chi connectivity index (χ4n) is 3.28. The first-order chi connectivity index (χ1) is 15.0. The van der Waals surface area contributed by atoms with E-state index in [1.807, 2.05) is 0 Å². The molecule has 0 unspecified atom stereocenters. The van der Waals surface area contributed by atoms with E-state index in [2.05, 4.69) is 14.4 Å². The van der Waals surface area contributed by atoms with Gasteiger partial charge in [-0.25, -0.2) is 13.4 Å². The van der Waals surface area contributed by atoms with Gasteiger partial charge in [-0.15, -0.1) is 13.2 Å². The Morgan fingerprint density at radius 2 is 2.03 bits per heavy atom. The SMILES string of the molecule is O=C1COC[C@H]2COc3ncc(NS(=O)(=O)c4cc(Cl)ccc4OC(F)(F)F)cc3CN12. The number of hydrogen-bond acceptors (Lipinski definition) is 7. The summed E-state index contributed by atoms with van der Waals surface area (Å²) in [7, 11) is -4.55. The number of morpholine rings is 1. The quantitative estimate of drug-likeness (QED) is 0.697. The number of carbonyl (C=O) groups is 1. The van der Waals surface area contributed by atoms with E-state index in [9.17, 15) is 26.4 Å². The molecule has 1 amide bonds. The molecule has 0 saturated carbocycles. The summed E-state index contributed by atoms with van der Waals surface area (Å²) in [4.78, 5) is 17.0. The standard InChI is InChI=1S/C18H15ClF3N3O6S/c19-11-1-2-14(31-18(20,21)22)15(4-11)32(27,28)24-12-3-10-6-25-13(7-29-9-16(25)26)8-30-17(10)23-5-12/h1-5,13,24H,6-9H2/t13-/m0/s1. The van der Waals surface area contributed by atoms with Crippen LogP contribution in [0.3, 0.4) is 0 Å². The summed E-state index contributed by atoms with van der Waals surface area (Å²) in [6.07, 6.45) is -3.96. The molecule has 0 aliphatic carbocycles. The molecule has 1 aromatic carbocycles. The number of ether oxygens (including phenoxy) is 3. The molecule has 32 heavy (non-hydrogen) atoms. The van der Waals surface area contributed by atoms with Crippen molar-refractivity contribution in [3.05, 3.63) is 41.0 Å². The number of nitrogens with zero attached hydrogens (tertiary/aromatic N) is 2. The van der Waals surface area contributed by atoms with E-state index in [1.54, 1.807) is 4.90 Å². The van der Waals surface area contributed by atoms with Crippen LogP contribution in [0, 0.1) is 0 Å². The number of hydrogen-bond donors (Lipinski definition) is 1. The van der Waals surface area contributed by atoms with Gasteiger partial charge in [0.2, 0.25) is 11.8 Å². The highest BCUT2D eigenvalue weighted by Crippen LogP contribution is 2.34. The van der Waals surface area contributed by atoms with Crippen molar-refractivity contribution in [2.45, 2.75) is 23.8 Å². The van der Waals surface area contributed by atoms with Crippen molar-refractivity contribution in [3.8, 4) is 11.6 Å². The number of benzene rings is 1. The predicted octanol–water partition coefficient (Wildman–Crippen LogP) is 2.55. The van der Waals surface area contributed by atoms with Gasteiger partial charge >= 0.3 is 6.36 Å². The van der Waals surface area contributed by atoms with E-state index in [1.165, 1.54) is 6.07 Å². The molecule has 1 saturated heterocycles. The number of fused-ring (bicyclic) bond motifs is 2. The highest BCUT2D eigenvalue weighted by atomic mass is 35.5. The zero-order valence-corrected chi connectivity index (χ0v) is 17.6. The maximum atomic E-state index is 12.8. The fourth-order valence-corrected chi connectivity index (χ4v) is 4.71. The average Bonchev–Trinajstić information content (AvgIpc) is 2.88. The van der Waals surface area contributed by atoms with Gasteiger partial charge < -0.3 is 19.1 Å². The second-order valence-corrected chi connectivity index (χ2v) is 9.02. The van der Waals surface area contributed by atoms with E-state index >= 15 is 0 Å².